The second-order valence-electron chi connectivity index (χ2n) is 5.42. The van der Waals surface area contributed by atoms with Crippen LogP contribution >= 0.6 is 11.8 Å². The van der Waals surface area contributed by atoms with Gasteiger partial charge in [0.15, 0.2) is 0 Å². The predicted molar refractivity (Wildman–Crippen MR) is 61.6 cm³/mol. The first kappa shape index (κ1) is 10.8. The van der Waals surface area contributed by atoms with Gasteiger partial charge in [-0.05, 0) is 25.5 Å². The highest BCUT2D eigenvalue weighted by Gasteiger charge is 2.42. The van der Waals surface area contributed by atoms with Crippen LogP contribution in [0.2, 0.25) is 0 Å². The van der Waals surface area contributed by atoms with E-state index in [-0.39, 0.29) is 5.72 Å². The molecule has 2 heterocycles. The Labute approximate surface area is 91.2 Å². The van der Waals surface area contributed by atoms with Crippen molar-refractivity contribution in [2.24, 2.45) is 5.41 Å². The van der Waals surface area contributed by atoms with E-state index in [2.05, 4.69) is 37.8 Å². The Morgan fingerprint density at radius 1 is 1.36 bits per heavy atom. The van der Waals surface area contributed by atoms with Crippen molar-refractivity contribution < 1.29 is 4.74 Å². The molecule has 0 amide bonds. The lowest BCUT2D eigenvalue weighted by molar-refractivity contribution is -0.126. The first-order chi connectivity index (χ1) is 6.52. The number of nitrogens with one attached hydrogen (secondary N) is 1. The first-order valence-electron chi connectivity index (χ1n) is 5.52. The van der Waals surface area contributed by atoms with Gasteiger partial charge in [0.05, 0.1) is 6.61 Å². The standard InChI is InChI=1S/C11H21NOS/c1-10(2)7-12-11(3,13-8-10)9-5-4-6-14-9/h9,12H,4-8H2,1-3H3. The Morgan fingerprint density at radius 2 is 2.14 bits per heavy atom. The molecule has 0 bridgehead atoms. The molecule has 2 nitrogen and oxygen atoms in total. The molecule has 0 radical (unpaired) electrons. The fourth-order valence-corrected chi connectivity index (χ4v) is 3.50. The lowest BCUT2D eigenvalue weighted by atomic mass is 9.91. The monoisotopic (exact) mass is 215 g/mol. The molecule has 0 aromatic carbocycles. The quantitative estimate of drug-likeness (QED) is 0.725. The summed E-state index contributed by atoms with van der Waals surface area (Å²) in [5.41, 5.74) is 0.222. The van der Waals surface area contributed by atoms with E-state index in [9.17, 15) is 0 Å². The summed E-state index contributed by atoms with van der Waals surface area (Å²) in [4.78, 5) is 0. The molecule has 2 aliphatic heterocycles. The minimum absolute atomic E-state index is 0.0727. The van der Waals surface area contributed by atoms with Gasteiger partial charge in [-0.25, -0.2) is 0 Å². The van der Waals surface area contributed by atoms with Gasteiger partial charge in [0, 0.05) is 17.2 Å². The largest absolute Gasteiger partial charge is 0.359 e. The van der Waals surface area contributed by atoms with Crippen LogP contribution in [0.4, 0.5) is 0 Å². The third-order valence-electron chi connectivity index (χ3n) is 3.22. The van der Waals surface area contributed by atoms with E-state index in [1.165, 1.54) is 18.6 Å². The predicted octanol–water partition coefficient (Wildman–Crippen LogP) is 2.24. The van der Waals surface area contributed by atoms with Gasteiger partial charge in [0.2, 0.25) is 0 Å². The van der Waals surface area contributed by atoms with Crippen molar-refractivity contribution in [2.45, 2.75) is 44.6 Å². The fourth-order valence-electron chi connectivity index (χ4n) is 2.08. The molecule has 2 unspecified atom stereocenters. The Hall–Kier alpha value is 0.270. The van der Waals surface area contributed by atoms with Crippen LogP contribution in [0.5, 0.6) is 0 Å². The molecule has 2 aliphatic rings. The van der Waals surface area contributed by atoms with Crippen molar-refractivity contribution in [3.05, 3.63) is 0 Å². The highest BCUT2D eigenvalue weighted by Crippen LogP contribution is 2.38. The molecule has 0 saturated carbocycles. The third kappa shape index (κ3) is 2.10. The van der Waals surface area contributed by atoms with Crippen LogP contribution in [0.25, 0.3) is 0 Å². The fraction of sp³-hybridized carbons (Fsp3) is 1.00. The topological polar surface area (TPSA) is 21.3 Å². The Kier molecular flexibility index (Phi) is 2.84. The normalized spacial score (nSPS) is 42.6. The number of ether oxygens (including phenoxy) is 1. The van der Waals surface area contributed by atoms with Gasteiger partial charge in [0.1, 0.15) is 5.72 Å². The van der Waals surface area contributed by atoms with Crippen LogP contribution in [-0.2, 0) is 4.74 Å². The Bertz CT molecular complexity index is 201. The molecule has 0 aromatic rings. The summed E-state index contributed by atoms with van der Waals surface area (Å²) in [5, 5.41) is 4.24. The summed E-state index contributed by atoms with van der Waals surface area (Å²) in [6.45, 7) is 8.67. The Morgan fingerprint density at radius 3 is 2.64 bits per heavy atom. The maximum atomic E-state index is 6.03. The molecule has 2 saturated heterocycles. The molecule has 2 atom stereocenters. The summed E-state index contributed by atoms with van der Waals surface area (Å²) >= 11 is 2.06. The molecule has 82 valence electrons. The van der Waals surface area contributed by atoms with Gasteiger partial charge in [-0.15, -0.1) is 0 Å². The summed E-state index contributed by atoms with van der Waals surface area (Å²) in [6, 6.07) is 0. The second kappa shape index (κ2) is 3.69. The minimum atomic E-state index is -0.0727. The van der Waals surface area contributed by atoms with E-state index in [4.69, 9.17) is 4.74 Å². The van der Waals surface area contributed by atoms with Crippen molar-refractivity contribution in [3.8, 4) is 0 Å². The van der Waals surface area contributed by atoms with E-state index in [1.807, 2.05) is 0 Å². The SMILES string of the molecule is CC1(C)CNC(C)(C2CCCS2)OC1. The molecule has 2 rings (SSSR count). The molecule has 14 heavy (non-hydrogen) atoms. The van der Waals surface area contributed by atoms with Crippen LogP contribution in [0.1, 0.15) is 33.6 Å². The van der Waals surface area contributed by atoms with Gasteiger partial charge in [0.25, 0.3) is 0 Å². The lowest BCUT2D eigenvalue weighted by Crippen LogP contribution is -2.60. The maximum Gasteiger partial charge on any atom is 0.128 e. The van der Waals surface area contributed by atoms with Crippen molar-refractivity contribution in [1.82, 2.24) is 5.32 Å². The number of thioether (sulfide) groups is 1. The van der Waals surface area contributed by atoms with Gasteiger partial charge in [-0.3, -0.25) is 5.32 Å². The summed E-state index contributed by atoms with van der Waals surface area (Å²) in [6.07, 6.45) is 2.65. The van der Waals surface area contributed by atoms with Crippen molar-refractivity contribution in [1.29, 1.82) is 0 Å². The maximum absolute atomic E-state index is 6.03. The molecule has 3 heteroatoms. The summed E-state index contributed by atoms with van der Waals surface area (Å²) < 4.78 is 6.03. The van der Waals surface area contributed by atoms with Crippen LogP contribution in [-0.4, -0.2) is 29.9 Å². The van der Waals surface area contributed by atoms with Gasteiger partial charge in [-0.2, -0.15) is 11.8 Å². The van der Waals surface area contributed by atoms with Gasteiger partial charge >= 0.3 is 0 Å². The average molecular weight is 215 g/mol. The van der Waals surface area contributed by atoms with Gasteiger partial charge < -0.3 is 4.74 Å². The zero-order valence-corrected chi connectivity index (χ0v) is 10.2. The number of hydrogen-bond acceptors (Lipinski definition) is 3. The van der Waals surface area contributed by atoms with E-state index in [0.717, 1.165) is 13.2 Å². The minimum Gasteiger partial charge on any atom is -0.359 e. The highest BCUT2D eigenvalue weighted by atomic mass is 32.2. The molecule has 1 N–H and O–H groups in total. The van der Waals surface area contributed by atoms with Crippen molar-refractivity contribution in [2.75, 3.05) is 18.9 Å². The van der Waals surface area contributed by atoms with E-state index < -0.39 is 0 Å². The second-order valence-corrected chi connectivity index (χ2v) is 6.73. The number of hydrogen-bond donors (Lipinski definition) is 1. The van der Waals surface area contributed by atoms with E-state index in [1.54, 1.807) is 0 Å². The average Bonchev–Trinajstić information content (AvgIpc) is 2.64. The van der Waals surface area contributed by atoms with Crippen molar-refractivity contribution in [3.63, 3.8) is 0 Å². The summed E-state index contributed by atoms with van der Waals surface area (Å²) in [7, 11) is 0. The van der Waals surface area contributed by atoms with Crippen LogP contribution in [0, 0.1) is 5.41 Å². The molecular formula is C11H21NOS. The van der Waals surface area contributed by atoms with Crippen molar-refractivity contribution >= 4 is 11.8 Å². The zero-order chi connectivity index (χ0) is 10.2. The molecule has 0 aromatic heterocycles. The van der Waals surface area contributed by atoms with Crippen LogP contribution in [0.15, 0.2) is 0 Å². The molecule has 0 aliphatic carbocycles. The van der Waals surface area contributed by atoms with Crippen LogP contribution < -0.4 is 5.32 Å². The van der Waals surface area contributed by atoms with Crippen LogP contribution in [0.3, 0.4) is 0 Å². The summed E-state index contributed by atoms with van der Waals surface area (Å²) in [5.74, 6) is 1.30. The molecule has 0 spiro atoms. The highest BCUT2D eigenvalue weighted by molar-refractivity contribution is 8.00. The zero-order valence-electron chi connectivity index (χ0n) is 9.43. The first-order valence-corrected chi connectivity index (χ1v) is 6.57. The Balaban J connectivity index is 1.97. The van der Waals surface area contributed by atoms with Gasteiger partial charge in [-0.1, -0.05) is 13.8 Å². The van der Waals surface area contributed by atoms with E-state index in [0.29, 0.717) is 10.7 Å². The smallest absolute Gasteiger partial charge is 0.128 e. The van der Waals surface area contributed by atoms with E-state index >= 15 is 0 Å². The molecule has 2 fully saturated rings. The third-order valence-corrected chi connectivity index (χ3v) is 4.84. The molecular weight excluding hydrogens is 194 g/mol. The lowest BCUT2D eigenvalue weighted by Gasteiger charge is -2.45. The number of rotatable bonds is 1.